The Balaban J connectivity index is 1.58. The molecule has 3 rings (SSSR count). The lowest BCUT2D eigenvalue weighted by molar-refractivity contribution is -0.0667. The number of pyridine rings is 1. The van der Waals surface area contributed by atoms with E-state index < -0.39 is 0 Å². The fourth-order valence-electron chi connectivity index (χ4n) is 3.61. The number of anilines is 1. The van der Waals surface area contributed by atoms with Gasteiger partial charge in [-0.15, -0.1) is 0 Å². The summed E-state index contributed by atoms with van der Waals surface area (Å²) >= 11 is 0. The van der Waals surface area contributed by atoms with E-state index >= 15 is 0 Å². The number of aliphatic imine (C=N–C) groups is 1. The van der Waals surface area contributed by atoms with Crippen LogP contribution in [0.3, 0.4) is 0 Å². The van der Waals surface area contributed by atoms with E-state index in [1.807, 2.05) is 13.2 Å². The van der Waals surface area contributed by atoms with Crippen LogP contribution in [0, 0.1) is 5.41 Å². The van der Waals surface area contributed by atoms with Gasteiger partial charge < -0.3 is 19.9 Å². The number of hydrogen-bond donors (Lipinski definition) is 1. The van der Waals surface area contributed by atoms with Gasteiger partial charge in [0.15, 0.2) is 5.96 Å². The molecule has 1 aromatic heterocycles. The maximum Gasteiger partial charge on any atom is 0.194 e. The van der Waals surface area contributed by atoms with Crippen molar-refractivity contribution in [3.63, 3.8) is 0 Å². The van der Waals surface area contributed by atoms with E-state index in [-0.39, 0.29) is 11.6 Å². The van der Waals surface area contributed by atoms with Crippen molar-refractivity contribution in [2.24, 2.45) is 10.4 Å². The zero-order valence-corrected chi connectivity index (χ0v) is 17.0. The molecule has 1 aromatic rings. The molecule has 0 bridgehead atoms. The molecule has 0 radical (unpaired) electrons. The van der Waals surface area contributed by atoms with Crippen molar-refractivity contribution < 1.29 is 4.74 Å². The highest BCUT2D eigenvalue weighted by Crippen LogP contribution is 2.46. The molecule has 26 heavy (non-hydrogen) atoms. The van der Waals surface area contributed by atoms with Crippen molar-refractivity contribution in [3.05, 3.63) is 23.9 Å². The molecule has 0 aliphatic carbocycles. The van der Waals surface area contributed by atoms with Gasteiger partial charge in [-0.05, 0) is 32.4 Å². The number of nitrogens with one attached hydrogen (secondary N) is 1. The van der Waals surface area contributed by atoms with Gasteiger partial charge >= 0.3 is 0 Å². The molecule has 2 aliphatic rings. The van der Waals surface area contributed by atoms with Gasteiger partial charge in [0.2, 0.25) is 0 Å². The Morgan fingerprint density at radius 1 is 1.35 bits per heavy atom. The Labute approximate surface area is 157 Å². The molecule has 144 valence electrons. The van der Waals surface area contributed by atoms with Crippen LogP contribution in [-0.4, -0.2) is 60.8 Å². The summed E-state index contributed by atoms with van der Waals surface area (Å²) in [6, 6.07) is 4.25. The second-order valence-corrected chi connectivity index (χ2v) is 8.58. The summed E-state index contributed by atoms with van der Waals surface area (Å²) in [6.45, 7) is 15.6. The van der Waals surface area contributed by atoms with Crippen LogP contribution >= 0.6 is 0 Å². The van der Waals surface area contributed by atoms with Crippen LogP contribution in [0.15, 0.2) is 23.3 Å². The number of ether oxygens (including phenoxy) is 1. The Kier molecular flexibility index (Phi) is 5.15. The lowest BCUT2D eigenvalue weighted by atomic mass is 9.65. The first-order valence-corrected chi connectivity index (χ1v) is 9.54. The highest BCUT2D eigenvalue weighted by molar-refractivity contribution is 5.82. The Morgan fingerprint density at radius 2 is 2.12 bits per heavy atom. The molecule has 0 spiro atoms. The minimum absolute atomic E-state index is 0.101. The monoisotopic (exact) mass is 359 g/mol. The molecule has 6 heteroatoms. The summed E-state index contributed by atoms with van der Waals surface area (Å²) in [6.07, 6.45) is 2.22. The third-order valence-electron chi connectivity index (χ3n) is 6.18. The average molecular weight is 360 g/mol. The van der Waals surface area contributed by atoms with Gasteiger partial charge in [0.05, 0.1) is 12.7 Å². The van der Waals surface area contributed by atoms with Gasteiger partial charge in [0.25, 0.3) is 0 Å². The van der Waals surface area contributed by atoms with Crippen LogP contribution in [0.2, 0.25) is 0 Å². The van der Waals surface area contributed by atoms with Crippen molar-refractivity contribution in [3.8, 4) is 0 Å². The predicted molar refractivity (Wildman–Crippen MR) is 107 cm³/mol. The summed E-state index contributed by atoms with van der Waals surface area (Å²) in [5.74, 6) is 1.99. The highest BCUT2D eigenvalue weighted by atomic mass is 16.5. The minimum Gasteiger partial charge on any atom is -0.375 e. The van der Waals surface area contributed by atoms with E-state index in [2.05, 4.69) is 71.8 Å². The first-order chi connectivity index (χ1) is 12.2. The summed E-state index contributed by atoms with van der Waals surface area (Å²) in [5.41, 5.74) is 1.56. The van der Waals surface area contributed by atoms with E-state index in [1.165, 1.54) is 0 Å². The van der Waals surface area contributed by atoms with Crippen molar-refractivity contribution in [1.29, 1.82) is 0 Å². The zero-order valence-electron chi connectivity index (χ0n) is 17.0. The molecule has 1 atom stereocenters. The first kappa shape index (κ1) is 19.0. The highest BCUT2D eigenvalue weighted by Gasteiger charge is 2.53. The van der Waals surface area contributed by atoms with Gasteiger partial charge in [-0.25, -0.2) is 4.98 Å². The van der Waals surface area contributed by atoms with E-state index in [0.717, 1.165) is 50.1 Å². The number of likely N-dealkylation sites (tertiary alicyclic amines) is 1. The van der Waals surface area contributed by atoms with E-state index in [4.69, 9.17) is 4.74 Å². The molecule has 0 saturated carbocycles. The van der Waals surface area contributed by atoms with Crippen LogP contribution in [0.5, 0.6) is 0 Å². The number of morpholine rings is 1. The molecule has 1 N–H and O–H groups in total. The third-order valence-corrected chi connectivity index (χ3v) is 6.18. The maximum absolute atomic E-state index is 5.60. The maximum atomic E-state index is 5.60. The van der Waals surface area contributed by atoms with Crippen molar-refractivity contribution in [1.82, 2.24) is 15.2 Å². The van der Waals surface area contributed by atoms with Crippen molar-refractivity contribution in [2.75, 3.05) is 38.2 Å². The second-order valence-electron chi connectivity index (χ2n) is 8.58. The molecule has 3 heterocycles. The normalized spacial score (nSPS) is 25.0. The molecular formula is C20H33N5O. The number of aromatic nitrogens is 1. The first-order valence-electron chi connectivity index (χ1n) is 9.54. The Hall–Kier alpha value is -1.82. The molecule has 0 amide bonds. The van der Waals surface area contributed by atoms with E-state index in [1.54, 1.807) is 0 Å². The molecule has 0 aromatic carbocycles. The fourth-order valence-corrected chi connectivity index (χ4v) is 3.61. The summed E-state index contributed by atoms with van der Waals surface area (Å²) < 4.78 is 5.60. The molecule has 2 fully saturated rings. The van der Waals surface area contributed by atoms with Crippen LogP contribution in [0.25, 0.3) is 0 Å². The van der Waals surface area contributed by atoms with Crippen molar-refractivity contribution >= 4 is 11.8 Å². The standard InChI is InChI=1S/C20H33N5O/c1-15-13-24(9-10-26-15)17-8-7-16(11-22-17)12-23-18(21-6)25-14-19(2,3)20(25,4)5/h7-8,11,15H,9-10,12-14H2,1-6H3,(H,21,23). The zero-order chi connectivity index (χ0) is 18.9. The van der Waals surface area contributed by atoms with E-state index in [9.17, 15) is 0 Å². The van der Waals surface area contributed by atoms with Gasteiger partial charge in [-0.2, -0.15) is 0 Å². The minimum atomic E-state index is 0.101. The fraction of sp³-hybridized carbons (Fsp3) is 0.700. The number of nitrogens with zero attached hydrogens (tertiary/aromatic N) is 4. The average Bonchev–Trinajstić information content (AvgIpc) is 2.61. The topological polar surface area (TPSA) is 53.0 Å². The Bertz CT molecular complexity index is 653. The van der Waals surface area contributed by atoms with Crippen LogP contribution < -0.4 is 10.2 Å². The van der Waals surface area contributed by atoms with Gasteiger partial charge in [0, 0.05) is 50.4 Å². The molecular weight excluding hydrogens is 326 g/mol. The van der Waals surface area contributed by atoms with Gasteiger partial charge in [-0.1, -0.05) is 19.9 Å². The molecule has 6 nitrogen and oxygen atoms in total. The van der Waals surface area contributed by atoms with Crippen LogP contribution in [0.4, 0.5) is 5.82 Å². The smallest absolute Gasteiger partial charge is 0.194 e. The lowest BCUT2D eigenvalue weighted by Gasteiger charge is -2.62. The SMILES string of the molecule is CN=C(NCc1ccc(N2CCOC(C)C2)nc1)N1CC(C)(C)C1(C)C. The van der Waals surface area contributed by atoms with Gasteiger partial charge in [0.1, 0.15) is 5.82 Å². The van der Waals surface area contributed by atoms with Crippen LogP contribution in [0.1, 0.15) is 40.2 Å². The third kappa shape index (κ3) is 3.52. The van der Waals surface area contributed by atoms with E-state index in [0.29, 0.717) is 5.41 Å². The largest absolute Gasteiger partial charge is 0.375 e. The second kappa shape index (κ2) is 7.06. The quantitative estimate of drug-likeness (QED) is 0.664. The Morgan fingerprint density at radius 3 is 2.65 bits per heavy atom. The molecule has 2 aliphatic heterocycles. The summed E-state index contributed by atoms with van der Waals surface area (Å²) in [5, 5.41) is 3.49. The molecule has 1 unspecified atom stereocenters. The van der Waals surface area contributed by atoms with Crippen molar-refractivity contribution in [2.45, 2.75) is 52.8 Å². The molecule has 2 saturated heterocycles. The summed E-state index contributed by atoms with van der Waals surface area (Å²) in [4.78, 5) is 13.8. The number of hydrogen-bond acceptors (Lipinski definition) is 4. The van der Waals surface area contributed by atoms with Gasteiger partial charge in [-0.3, -0.25) is 4.99 Å². The van der Waals surface area contributed by atoms with Crippen LogP contribution in [-0.2, 0) is 11.3 Å². The summed E-state index contributed by atoms with van der Waals surface area (Å²) in [7, 11) is 1.85. The lowest BCUT2D eigenvalue weighted by Crippen LogP contribution is -2.72. The number of guanidine groups is 1. The number of rotatable bonds is 3. The predicted octanol–water partition coefficient (Wildman–Crippen LogP) is 2.50.